The van der Waals surface area contributed by atoms with Gasteiger partial charge < -0.3 is 19.6 Å². The first-order chi connectivity index (χ1) is 9.19. The van der Waals surface area contributed by atoms with Gasteiger partial charge in [0.25, 0.3) is 0 Å². The predicted molar refractivity (Wildman–Crippen MR) is 69.2 cm³/mol. The number of rotatable bonds is 6. The first kappa shape index (κ1) is 14.0. The van der Waals surface area contributed by atoms with Crippen molar-refractivity contribution >= 4 is 5.97 Å². The third kappa shape index (κ3) is 4.05. The summed E-state index contributed by atoms with van der Waals surface area (Å²) in [5.41, 5.74) is 0.183. The maximum absolute atomic E-state index is 10.7. The van der Waals surface area contributed by atoms with Crippen LogP contribution in [0.4, 0.5) is 0 Å². The topological polar surface area (TPSA) is 74.9 Å². The second-order valence-electron chi connectivity index (χ2n) is 4.62. The van der Waals surface area contributed by atoms with Crippen LogP contribution in [0, 0.1) is 0 Å². The summed E-state index contributed by atoms with van der Waals surface area (Å²) in [7, 11) is 0. The monoisotopic (exact) mass is 268 g/mol. The van der Waals surface area contributed by atoms with E-state index >= 15 is 0 Å². The third-order valence-electron chi connectivity index (χ3n) is 3.24. The van der Waals surface area contributed by atoms with Crippen molar-refractivity contribution in [3.8, 4) is 0 Å². The van der Waals surface area contributed by atoms with Crippen molar-refractivity contribution in [2.45, 2.75) is 19.6 Å². The van der Waals surface area contributed by atoms with Gasteiger partial charge in [0.15, 0.2) is 0 Å². The van der Waals surface area contributed by atoms with Gasteiger partial charge in [-0.2, -0.15) is 0 Å². The molecule has 1 atom stereocenters. The molecule has 1 unspecified atom stereocenters. The molecule has 106 valence electrons. The van der Waals surface area contributed by atoms with Gasteiger partial charge in [0.2, 0.25) is 0 Å². The molecule has 1 fully saturated rings. The number of nitrogens with zero attached hydrogens (tertiary/aromatic N) is 1. The van der Waals surface area contributed by atoms with Crippen molar-refractivity contribution in [3.05, 3.63) is 23.7 Å². The van der Waals surface area contributed by atoms with E-state index in [1.54, 1.807) is 0 Å². The van der Waals surface area contributed by atoms with Crippen LogP contribution in [0.15, 0.2) is 16.7 Å². The van der Waals surface area contributed by atoms with E-state index in [0.29, 0.717) is 12.3 Å². The van der Waals surface area contributed by atoms with Crippen LogP contribution in [0.25, 0.3) is 0 Å². The lowest BCUT2D eigenvalue weighted by molar-refractivity contribution is -0.0255. The Bertz CT molecular complexity index is 419. The zero-order valence-corrected chi connectivity index (χ0v) is 11.1. The van der Waals surface area contributed by atoms with Gasteiger partial charge in [-0.1, -0.05) is 6.92 Å². The maximum Gasteiger partial charge on any atom is 0.338 e. The molecule has 1 saturated heterocycles. The highest BCUT2D eigenvalue weighted by Gasteiger charge is 2.18. The Kier molecular flexibility index (Phi) is 4.95. The van der Waals surface area contributed by atoms with E-state index in [1.807, 2.05) is 0 Å². The summed E-state index contributed by atoms with van der Waals surface area (Å²) in [6.45, 7) is 7.13. The minimum atomic E-state index is -0.968. The van der Waals surface area contributed by atoms with Crippen molar-refractivity contribution in [3.63, 3.8) is 0 Å². The Labute approximate surface area is 112 Å². The molecule has 0 aliphatic carbocycles. The summed E-state index contributed by atoms with van der Waals surface area (Å²) < 4.78 is 10.8. The fourth-order valence-corrected chi connectivity index (χ4v) is 2.13. The Morgan fingerprint density at radius 2 is 2.47 bits per heavy atom. The van der Waals surface area contributed by atoms with E-state index in [1.165, 1.54) is 12.3 Å². The molecule has 0 aromatic carbocycles. The average Bonchev–Trinajstić information content (AvgIpc) is 2.88. The quantitative estimate of drug-likeness (QED) is 0.794. The molecule has 0 saturated carbocycles. The standard InChI is InChI=1S/C13H20N2O4/c1-2-15-3-4-18-12(8-15)7-14-6-11-5-10(9-19-11)13(16)17/h5,9,12,14H,2-4,6-8H2,1H3,(H,16,17). The van der Waals surface area contributed by atoms with Crippen molar-refractivity contribution in [2.75, 3.05) is 32.8 Å². The third-order valence-corrected chi connectivity index (χ3v) is 3.24. The van der Waals surface area contributed by atoms with Gasteiger partial charge in [-0.3, -0.25) is 4.90 Å². The van der Waals surface area contributed by atoms with E-state index in [2.05, 4.69) is 17.1 Å². The molecule has 6 heteroatoms. The van der Waals surface area contributed by atoms with Gasteiger partial charge >= 0.3 is 5.97 Å². The van der Waals surface area contributed by atoms with Gasteiger partial charge in [-0.15, -0.1) is 0 Å². The van der Waals surface area contributed by atoms with Crippen LogP contribution >= 0.6 is 0 Å². The zero-order chi connectivity index (χ0) is 13.7. The Morgan fingerprint density at radius 3 is 3.16 bits per heavy atom. The van der Waals surface area contributed by atoms with E-state index in [-0.39, 0.29) is 11.7 Å². The molecule has 0 bridgehead atoms. The van der Waals surface area contributed by atoms with Gasteiger partial charge in [0.1, 0.15) is 12.0 Å². The maximum atomic E-state index is 10.7. The van der Waals surface area contributed by atoms with Gasteiger partial charge in [-0.25, -0.2) is 4.79 Å². The van der Waals surface area contributed by atoms with E-state index in [4.69, 9.17) is 14.3 Å². The van der Waals surface area contributed by atoms with Crippen LogP contribution in [-0.4, -0.2) is 54.9 Å². The van der Waals surface area contributed by atoms with Crippen LogP contribution in [0.2, 0.25) is 0 Å². The fourth-order valence-electron chi connectivity index (χ4n) is 2.13. The number of likely N-dealkylation sites (N-methyl/N-ethyl adjacent to an activating group) is 1. The fraction of sp³-hybridized carbons (Fsp3) is 0.615. The van der Waals surface area contributed by atoms with E-state index in [0.717, 1.165) is 32.8 Å². The molecule has 0 amide bonds. The lowest BCUT2D eigenvalue weighted by atomic mass is 10.2. The van der Waals surface area contributed by atoms with Crippen molar-refractivity contribution in [2.24, 2.45) is 0 Å². The smallest absolute Gasteiger partial charge is 0.338 e. The minimum absolute atomic E-state index is 0.183. The molecule has 2 rings (SSSR count). The summed E-state index contributed by atoms with van der Waals surface area (Å²) in [4.78, 5) is 13.1. The van der Waals surface area contributed by atoms with Gasteiger partial charge in [-0.05, 0) is 12.6 Å². The highest BCUT2D eigenvalue weighted by atomic mass is 16.5. The largest absolute Gasteiger partial charge is 0.478 e. The number of morpholine rings is 1. The van der Waals surface area contributed by atoms with Gasteiger partial charge in [0, 0.05) is 19.6 Å². The number of carboxylic acid groups (broad SMARTS) is 1. The highest BCUT2D eigenvalue weighted by molar-refractivity contribution is 5.87. The molecular formula is C13H20N2O4. The number of nitrogens with one attached hydrogen (secondary N) is 1. The van der Waals surface area contributed by atoms with Crippen LogP contribution in [-0.2, 0) is 11.3 Å². The van der Waals surface area contributed by atoms with Crippen LogP contribution in [0.3, 0.4) is 0 Å². The molecule has 1 aromatic rings. The van der Waals surface area contributed by atoms with Crippen LogP contribution < -0.4 is 5.32 Å². The number of ether oxygens (including phenoxy) is 1. The molecule has 1 aliphatic heterocycles. The lowest BCUT2D eigenvalue weighted by Crippen LogP contribution is -2.46. The minimum Gasteiger partial charge on any atom is -0.478 e. The predicted octanol–water partition coefficient (Wildman–Crippen LogP) is 0.788. The van der Waals surface area contributed by atoms with Crippen LogP contribution in [0.5, 0.6) is 0 Å². The molecule has 0 spiro atoms. The molecule has 2 N–H and O–H groups in total. The summed E-state index contributed by atoms with van der Waals surface area (Å²) in [5.74, 6) is -0.343. The molecule has 2 heterocycles. The summed E-state index contributed by atoms with van der Waals surface area (Å²) in [6.07, 6.45) is 1.44. The summed E-state index contributed by atoms with van der Waals surface area (Å²) in [6, 6.07) is 1.54. The normalized spacial score (nSPS) is 20.6. The summed E-state index contributed by atoms with van der Waals surface area (Å²) >= 11 is 0. The number of carboxylic acids is 1. The van der Waals surface area contributed by atoms with Crippen molar-refractivity contribution < 1.29 is 19.1 Å². The number of hydrogen-bond acceptors (Lipinski definition) is 5. The molecule has 19 heavy (non-hydrogen) atoms. The molecule has 1 aliphatic rings. The van der Waals surface area contributed by atoms with Crippen molar-refractivity contribution in [1.82, 2.24) is 10.2 Å². The number of hydrogen-bond donors (Lipinski definition) is 2. The first-order valence-electron chi connectivity index (χ1n) is 6.54. The summed E-state index contributed by atoms with van der Waals surface area (Å²) in [5, 5.41) is 12.0. The highest BCUT2D eigenvalue weighted by Crippen LogP contribution is 2.08. The van der Waals surface area contributed by atoms with Crippen molar-refractivity contribution in [1.29, 1.82) is 0 Å². The second-order valence-corrected chi connectivity index (χ2v) is 4.62. The van der Waals surface area contributed by atoms with E-state index in [9.17, 15) is 4.79 Å². The number of aromatic carboxylic acids is 1. The number of carbonyl (C=O) groups is 1. The van der Waals surface area contributed by atoms with Crippen LogP contribution in [0.1, 0.15) is 23.0 Å². The SMILES string of the molecule is CCN1CCOC(CNCc2cc(C(=O)O)co2)C1. The average molecular weight is 268 g/mol. The van der Waals surface area contributed by atoms with Gasteiger partial charge in [0.05, 0.1) is 24.8 Å². The Morgan fingerprint density at radius 1 is 1.63 bits per heavy atom. The zero-order valence-electron chi connectivity index (χ0n) is 11.1. The lowest BCUT2D eigenvalue weighted by Gasteiger charge is -2.32. The van der Waals surface area contributed by atoms with E-state index < -0.39 is 5.97 Å². The molecule has 0 radical (unpaired) electrons. The molecular weight excluding hydrogens is 248 g/mol. The molecule has 6 nitrogen and oxygen atoms in total. The Balaban J connectivity index is 1.72. The molecule has 1 aromatic heterocycles. The number of furan rings is 1. The Hall–Kier alpha value is -1.37. The second kappa shape index (κ2) is 6.70. The first-order valence-corrected chi connectivity index (χ1v) is 6.54.